The Kier molecular flexibility index (Phi) is 6.50. The van der Waals surface area contributed by atoms with Gasteiger partial charge in [0.1, 0.15) is 12.4 Å². The van der Waals surface area contributed by atoms with Crippen molar-refractivity contribution in [1.29, 1.82) is 0 Å². The molecule has 2 rings (SSSR count). The van der Waals surface area contributed by atoms with E-state index in [9.17, 15) is 8.42 Å². The Hall–Kier alpha value is -2.25. The van der Waals surface area contributed by atoms with Gasteiger partial charge in [-0.25, -0.2) is 13.1 Å². The Bertz CT molecular complexity index is 841. The van der Waals surface area contributed by atoms with Crippen LogP contribution < -0.4 is 18.9 Å². The summed E-state index contributed by atoms with van der Waals surface area (Å²) in [5.41, 5.74) is 1.26. The predicted molar refractivity (Wildman–Crippen MR) is 101 cm³/mol. The molecule has 1 atom stereocenters. The van der Waals surface area contributed by atoms with Gasteiger partial charge in [0.25, 0.3) is 0 Å². The molecule has 0 aliphatic heterocycles. The first-order valence-electron chi connectivity index (χ1n) is 8.22. The number of benzene rings is 2. The van der Waals surface area contributed by atoms with Crippen LogP contribution in [-0.2, 0) is 10.0 Å². The summed E-state index contributed by atoms with van der Waals surface area (Å²) in [6.45, 7) is 5.43. The van der Waals surface area contributed by atoms with Crippen LogP contribution in [0.2, 0.25) is 0 Å². The fourth-order valence-corrected chi connectivity index (χ4v) is 4.44. The van der Waals surface area contributed by atoms with Crippen LogP contribution in [0, 0.1) is 13.8 Å². The average Bonchev–Trinajstić information content (AvgIpc) is 2.58. The zero-order chi connectivity index (χ0) is 19.3. The van der Waals surface area contributed by atoms with E-state index in [-0.39, 0.29) is 11.5 Å². The molecule has 0 saturated heterocycles. The third kappa shape index (κ3) is 4.68. The summed E-state index contributed by atoms with van der Waals surface area (Å²) < 4.78 is 44.3. The lowest BCUT2D eigenvalue weighted by Gasteiger charge is -2.18. The van der Waals surface area contributed by atoms with Gasteiger partial charge in [-0.3, -0.25) is 0 Å². The lowest BCUT2D eigenvalue weighted by molar-refractivity contribution is 0.271. The first-order chi connectivity index (χ1) is 12.3. The second-order valence-corrected chi connectivity index (χ2v) is 7.73. The first-order valence-corrected chi connectivity index (χ1v) is 9.70. The van der Waals surface area contributed by atoms with Crippen molar-refractivity contribution in [2.24, 2.45) is 0 Å². The number of nitrogens with one attached hydrogen (secondary N) is 1. The van der Waals surface area contributed by atoms with Gasteiger partial charge >= 0.3 is 0 Å². The molecule has 7 heteroatoms. The number of ether oxygens (including phenoxy) is 3. The fourth-order valence-electron chi connectivity index (χ4n) is 2.76. The number of hydrogen-bond acceptors (Lipinski definition) is 5. The molecule has 0 unspecified atom stereocenters. The molecule has 6 nitrogen and oxygen atoms in total. The molecule has 0 heterocycles. The van der Waals surface area contributed by atoms with Gasteiger partial charge in [0.05, 0.1) is 25.2 Å². The normalized spacial score (nSPS) is 12.5. The van der Waals surface area contributed by atoms with Crippen molar-refractivity contribution in [2.45, 2.75) is 31.7 Å². The van der Waals surface area contributed by atoms with E-state index in [1.807, 2.05) is 12.1 Å². The zero-order valence-electron chi connectivity index (χ0n) is 15.7. The number of hydrogen-bond donors (Lipinski definition) is 1. The van der Waals surface area contributed by atoms with E-state index in [0.29, 0.717) is 28.4 Å². The van der Waals surface area contributed by atoms with Crippen molar-refractivity contribution in [3.63, 3.8) is 0 Å². The van der Waals surface area contributed by atoms with Gasteiger partial charge in [0, 0.05) is 0 Å². The highest BCUT2D eigenvalue weighted by atomic mass is 32.2. The van der Waals surface area contributed by atoms with Gasteiger partial charge < -0.3 is 14.2 Å². The minimum absolute atomic E-state index is 0.174. The molecule has 142 valence electrons. The second kappa shape index (κ2) is 8.42. The molecule has 0 fully saturated rings. The van der Waals surface area contributed by atoms with Crippen molar-refractivity contribution in [3.8, 4) is 17.2 Å². The Morgan fingerprint density at radius 2 is 1.58 bits per heavy atom. The average molecular weight is 379 g/mol. The Balaban J connectivity index is 2.12. The molecular formula is C19H25NO5S. The summed E-state index contributed by atoms with van der Waals surface area (Å²) in [7, 11) is -0.570. The van der Waals surface area contributed by atoms with Crippen molar-refractivity contribution < 1.29 is 22.6 Å². The highest BCUT2D eigenvalue weighted by Crippen LogP contribution is 2.27. The lowest BCUT2D eigenvalue weighted by atomic mass is 10.1. The Labute approximate surface area is 155 Å². The molecule has 0 saturated carbocycles. The number of sulfonamides is 1. The highest BCUT2D eigenvalue weighted by molar-refractivity contribution is 7.89. The minimum atomic E-state index is -3.68. The molecule has 26 heavy (non-hydrogen) atoms. The van der Waals surface area contributed by atoms with E-state index in [4.69, 9.17) is 14.2 Å². The van der Waals surface area contributed by atoms with Crippen LogP contribution in [0.15, 0.2) is 41.3 Å². The summed E-state index contributed by atoms with van der Waals surface area (Å²) >= 11 is 0. The predicted octanol–water partition coefficient (Wildman–Crippen LogP) is 3.07. The molecule has 0 aliphatic carbocycles. The van der Waals surface area contributed by atoms with Crippen molar-refractivity contribution in [3.05, 3.63) is 47.5 Å². The van der Waals surface area contributed by atoms with Crippen molar-refractivity contribution in [2.75, 3.05) is 20.8 Å². The van der Waals surface area contributed by atoms with Crippen LogP contribution in [0.3, 0.4) is 0 Å². The number of rotatable bonds is 8. The fraction of sp³-hybridized carbons (Fsp3) is 0.368. The van der Waals surface area contributed by atoms with Gasteiger partial charge in [-0.05, 0) is 56.2 Å². The summed E-state index contributed by atoms with van der Waals surface area (Å²) in [5.74, 6) is 1.80. The van der Waals surface area contributed by atoms with Crippen molar-refractivity contribution >= 4 is 10.0 Å². The number of aryl methyl sites for hydroxylation is 2. The molecular weight excluding hydrogens is 354 g/mol. The first kappa shape index (κ1) is 20.1. The van der Waals surface area contributed by atoms with E-state index in [0.717, 1.165) is 0 Å². The summed E-state index contributed by atoms with van der Waals surface area (Å²) in [4.78, 5) is 0.266. The standard InChI is InChI=1S/C19H25NO5S/c1-13-10-16(23-4)11-14(2)19(13)26(21,22)20-15(3)12-25-18-9-7-6-8-17(18)24-5/h6-11,15,20H,12H2,1-5H3/t15-/m0/s1. The Morgan fingerprint density at radius 3 is 2.12 bits per heavy atom. The van der Waals surface area contributed by atoms with E-state index in [2.05, 4.69) is 4.72 Å². The van der Waals surface area contributed by atoms with Gasteiger partial charge in [0.15, 0.2) is 11.5 Å². The maximum absolute atomic E-state index is 12.8. The Morgan fingerprint density at radius 1 is 1.00 bits per heavy atom. The van der Waals surface area contributed by atoms with Gasteiger partial charge in [0.2, 0.25) is 10.0 Å². The maximum atomic E-state index is 12.8. The van der Waals surface area contributed by atoms with Gasteiger partial charge in [-0.15, -0.1) is 0 Å². The maximum Gasteiger partial charge on any atom is 0.241 e. The lowest BCUT2D eigenvalue weighted by Crippen LogP contribution is -2.37. The van der Waals surface area contributed by atoms with Gasteiger partial charge in [-0.2, -0.15) is 0 Å². The molecule has 0 aromatic heterocycles. The smallest absolute Gasteiger partial charge is 0.241 e. The van der Waals surface area contributed by atoms with E-state index in [1.54, 1.807) is 59.3 Å². The van der Waals surface area contributed by atoms with Crippen LogP contribution in [0.1, 0.15) is 18.1 Å². The second-order valence-electron chi connectivity index (χ2n) is 6.07. The molecule has 0 radical (unpaired) electrons. The van der Waals surface area contributed by atoms with Crippen LogP contribution in [0.5, 0.6) is 17.2 Å². The molecule has 1 N–H and O–H groups in total. The quantitative estimate of drug-likeness (QED) is 0.763. The topological polar surface area (TPSA) is 73.9 Å². The van der Waals surface area contributed by atoms with Crippen LogP contribution in [0.25, 0.3) is 0 Å². The summed E-state index contributed by atoms with van der Waals surface area (Å²) in [6.07, 6.45) is 0. The third-order valence-electron chi connectivity index (χ3n) is 3.85. The molecule has 2 aromatic rings. The SMILES string of the molecule is COc1cc(C)c(S(=O)(=O)N[C@@H](C)COc2ccccc2OC)c(C)c1. The van der Waals surface area contributed by atoms with Crippen LogP contribution in [0.4, 0.5) is 0 Å². The molecule has 0 spiro atoms. The zero-order valence-corrected chi connectivity index (χ0v) is 16.5. The van der Waals surface area contributed by atoms with Gasteiger partial charge in [-0.1, -0.05) is 12.1 Å². The highest BCUT2D eigenvalue weighted by Gasteiger charge is 2.23. The third-order valence-corrected chi connectivity index (χ3v) is 5.75. The van der Waals surface area contributed by atoms with E-state index >= 15 is 0 Å². The number of para-hydroxylation sites is 2. The number of methoxy groups -OCH3 is 2. The van der Waals surface area contributed by atoms with Crippen LogP contribution >= 0.6 is 0 Å². The van der Waals surface area contributed by atoms with E-state index in [1.165, 1.54) is 0 Å². The van der Waals surface area contributed by atoms with Crippen molar-refractivity contribution in [1.82, 2.24) is 4.72 Å². The minimum Gasteiger partial charge on any atom is -0.497 e. The summed E-state index contributed by atoms with van der Waals surface area (Å²) in [6, 6.07) is 10.2. The van der Waals surface area contributed by atoms with E-state index < -0.39 is 16.1 Å². The molecule has 0 aliphatic rings. The molecule has 0 bridgehead atoms. The monoisotopic (exact) mass is 379 g/mol. The molecule has 0 amide bonds. The van der Waals surface area contributed by atoms with Crippen LogP contribution in [-0.4, -0.2) is 35.3 Å². The largest absolute Gasteiger partial charge is 0.497 e. The molecule has 2 aromatic carbocycles. The summed E-state index contributed by atoms with van der Waals surface area (Å²) in [5, 5.41) is 0.